The molecule has 1 aromatic carbocycles. The van der Waals surface area contributed by atoms with Gasteiger partial charge >= 0.3 is 0 Å². The molecule has 2 aliphatic rings. The highest BCUT2D eigenvalue weighted by Gasteiger charge is 2.35. The van der Waals surface area contributed by atoms with E-state index in [0.29, 0.717) is 24.0 Å². The van der Waals surface area contributed by atoms with Crippen LogP contribution >= 0.6 is 0 Å². The van der Waals surface area contributed by atoms with E-state index in [1.54, 1.807) is 4.31 Å². The Bertz CT molecular complexity index is 782. The highest BCUT2D eigenvalue weighted by atomic mass is 32.2. The van der Waals surface area contributed by atoms with Gasteiger partial charge in [-0.1, -0.05) is 0 Å². The summed E-state index contributed by atoms with van der Waals surface area (Å²) in [4.78, 5) is 3.01. The monoisotopic (exact) mass is 394 g/mol. The van der Waals surface area contributed by atoms with Crippen LogP contribution in [0, 0.1) is 34.6 Å². The molecule has 0 radical (unpaired) electrons. The van der Waals surface area contributed by atoms with Crippen LogP contribution in [0.15, 0.2) is 4.90 Å². The Hall–Kier alpha value is -0.950. The van der Waals surface area contributed by atoms with E-state index >= 15 is 0 Å². The molecule has 2 heterocycles. The van der Waals surface area contributed by atoms with Gasteiger partial charge in [0.1, 0.15) is 0 Å². The second-order valence-corrected chi connectivity index (χ2v) is 10.1. The lowest BCUT2D eigenvalue weighted by atomic mass is 9.95. The van der Waals surface area contributed by atoms with Gasteiger partial charge in [-0.3, -0.25) is 4.90 Å². The lowest BCUT2D eigenvalue weighted by Gasteiger charge is -2.41. The van der Waals surface area contributed by atoms with E-state index in [-0.39, 0.29) is 6.10 Å². The first kappa shape index (κ1) is 20.8. The minimum Gasteiger partial charge on any atom is -0.376 e. The van der Waals surface area contributed by atoms with Crippen molar-refractivity contribution in [3.63, 3.8) is 0 Å². The molecule has 0 aliphatic carbocycles. The van der Waals surface area contributed by atoms with Gasteiger partial charge in [0.25, 0.3) is 0 Å². The molecular weight excluding hydrogens is 360 g/mol. The van der Waals surface area contributed by atoms with Crippen LogP contribution in [-0.2, 0) is 14.8 Å². The maximum Gasteiger partial charge on any atom is 0.243 e. The van der Waals surface area contributed by atoms with Crippen molar-refractivity contribution in [3.8, 4) is 0 Å². The number of piperidine rings is 1. The Morgan fingerprint density at radius 3 is 1.89 bits per heavy atom. The van der Waals surface area contributed by atoms with Gasteiger partial charge in [0.05, 0.1) is 17.6 Å². The Labute approximate surface area is 164 Å². The van der Waals surface area contributed by atoms with Gasteiger partial charge in [0, 0.05) is 32.2 Å². The summed E-state index contributed by atoms with van der Waals surface area (Å²) in [5.41, 5.74) is 5.19. The van der Waals surface area contributed by atoms with E-state index in [4.69, 9.17) is 4.74 Å². The number of benzene rings is 1. The maximum atomic E-state index is 13.5. The van der Waals surface area contributed by atoms with Crippen LogP contribution in [0.25, 0.3) is 0 Å². The highest BCUT2D eigenvalue weighted by Crippen LogP contribution is 2.33. The molecule has 2 saturated heterocycles. The van der Waals surface area contributed by atoms with E-state index in [0.717, 1.165) is 54.8 Å². The minimum absolute atomic E-state index is 0.268. The first-order valence-corrected chi connectivity index (χ1v) is 11.5. The molecule has 0 bridgehead atoms. The quantitative estimate of drug-likeness (QED) is 0.790. The first-order chi connectivity index (χ1) is 12.6. The molecule has 1 atom stereocenters. The van der Waals surface area contributed by atoms with Gasteiger partial charge in [0.15, 0.2) is 0 Å². The van der Waals surface area contributed by atoms with Crippen molar-refractivity contribution in [2.45, 2.75) is 71.4 Å². The summed E-state index contributed by atoms with van der Waals surface area (Å²) in [6.45, 7) is 16.0. The smallest absolute Gasteiger partial charge is 0.243 e. The normalized spacial score (nSPS) is 23.7. The zero-order chi connectivity index (χ0) is 19.9. The molecule has 0 amide bonds. The van der Waals surface area contributed by atoms with Crippen molar-refractivity contribution in [3.05, 3.63) is 27.8 Å². The zero-order valence-electron chi connectivity index (χ0n) is 17.6. The molecular formula is C21H34N2O3S. The summed E-state index contributed by atoms with van der Waals surface area (Å²) in [7, 11) is -3.46. The Morgan fingerprint density at radius 1 is 0.852 bits per heavy atom. The fourth-order valence-electron chi connectivity index (χ4n) is 4.61. The molecule has 6 heteroatoms. The number of morpholine rings is 1. The van der Waals surface area contributed by atoms with Crippen molar-refractivity contribution in [1.29, 1.82) is 0 Å². The number of rotatable bonds is 3. The van der Waals surface area contributed by atoms with Crippen molar-refractivity contribution in [2.75, 3.05) is 32.8 Å². The topological polar surface area (TPSA) is 49.9 Å². The maximum absolute atomic E-state index is 13.5. The van der Waals surface area contributed by atoms with Crippen LogP contribution < -0.4 is 0 Å². The van der Waals surface area contributed by atoms with E-state index in [1.807, 2.05) is 27.7 Å². The number of sulfonamides is 1. The molecule has 5 nitrogen and oxygen atoms in total. The van der Waals surface area contributed by atoms with Gasteiger partial charge in [-0.15, -0.1) is 0 Å². The Morgan fingerprint density at radius 2 is 1.37 bits per heavy atom. The lowest BCUT2D eigenvalue weighted by Crippen LogP contribution is -2.51. The first-order valence-electron chi connectivity index (χ1n) is 10.1. The van der Waals surface area contributed by atoms with Gasteiger partial charge < -0.3 is 4.74 Å². The summed E-state index contributed by atoms with van der Waals surface area (Å²) in [6.07, 6.45) is 2.06. The predicted molar refractivity (Wildman–Crippen MR) is 109 cm³/mol. The van der Waals surface area contributed by atoms with E-state index in [2.05, 4.69) is 18.7 Å². The fourth-order valence-corrected chi connectivity index (χ4v) is 6.64. The number of hydrogen-bond acceptors (Lipinski definition) is 4. The molecule has 27 heavy (non-hydrogen) atoms. The molecule has 0 aromatic heterocycles. The predicted octanol–water partition coefficient (Wildman–Crippen LogP) is 3.10. The van der Waals surface area contributed by atoms with Gasteiger partial charge in [-0.2, -0.15) is 4.31 Å². The Kier molecular flexibility index (Phi) is 6.02. The van der Waals surface area contributed by atoms with Crippen molar-refractivity contribution in [2.24, 2.45) is 0 Å². The molecule has 0 spiro atoms. The Balaban J connectivity index is 1.80. The average molecular weight is 395 g/mol. The van der Waals surface area contributed by atoms with E-state index in [9.17, 15) is 8.42 Å². The van der Waals surface area contributed by atoms with Crippen molar-refractivity contribution >= 4 is 10.0 Å². The second kappa shape index (κ2) is 7.82. The largest absolute Gasteiger partial charge is 0.376 e. The van der Waals surface area contributed by atoms with Gasteiger partial charge in [-0.25, -0.2) is 8.42 Å². The highest BCUT2D eigenvalue weighted by molar-refractivity contribution is 7.89. The molecule has 0 N–H and O–H groups in total. The summed E-state index contributed by atoms with van der Waals surface area (Å²) < 4.78 is 34.3. The molecule has 1 unspecified atom stereocenters. The third kappa shape index (κ3) is 3.82. The molecule has 152 valence electrons. The van der Waals surface area contributed by atoms with Crippen molar-refractivity contribution < 1.29 is 13.2 Å². The summed E-state index contributed by atoms with van der Waals surface area (Å²) in [6, 6.07) is 0.464. The third-order valence-electron chi connectivity index (χ3n) is 6.74. The minimum atomic E-state index is -3.46. The van der Waals surface area contributed by atoms with Crippen LogP contribution in [0.2, 0.25) is 0 Å². The third-order valence-corrected chi connectivity index (χ3v) is 8.91. The summed E-state index contributed by atoms with van der Waals surface area (Å²) in [5, 5.41) is 0. The molecule has 2 aliphatic heterocycles. The molecule has 0 saturated carbocycles. The SMILES string of the molecule is Cc1c(C)c(C)c(S(=O)(=O)N2CCC(N3CCOC(C)C3)CC2)c(C)c1C. The van der Waals surface area contributed by atoms with Gasteiger partial charge in [-0.05, 0) is 82.2 Å². The lowest BCUT2D eigenvalue weighted by molar-refractivity contribution is -0.0406. The van der Waals surface area contributed by atoms with E-state index < -0.39 is 10.0 Å². The summed E-state index contributed by atoms with van der Waals surface area (Å²) in [5.74, 6) is 0. The standard InChI is InChI=1S/C21H34N2O3S/c1-14-13-22(11-12-26-14)20-7-9-23(10-8-20)27(24,25)21-18(5)16(3)15(2)17(4)19(21)6/h14,20H,7-13H2,1-6H3. The molecule has 3 rings (SSSR count). The fraction of sp³-hybridized carbons (Fsp3) is 0.714. The second-order valence-electron chi connectivity index (χ2n) is 8.27. The van der Waals surface area contributed by atoms with Crippen LogP contribution in [0.1, 0.15) is 47.6 Å². The molecule has 2 fully saturated rings. The van der Waals surface area contributed by atoms with Crippen LogP contribution in [0.5, 0.6) is 0 Å². The van der Waals surface area contributed by atoms with Crippen molar-refractivity contribution in [1.82, 2.24) is 9.21 Å². The molecule has 1 aromatic rings. The van der Waals surface area contributed by atoms with Gasteiger partial charge in [0.2, 0.25) is 10.0 Å². The zero-order valence-corrected chi connectivity index (χ0v) is 18.4. The number of ether oxygens (including phenoxy) is 1. The number of hydrogen-bond donors (Lipinski definition) is 0. The van der Waals surface area contributed by atoms with Crippen LogP contribution in [-0.4, -0.2) is 62.6 Å². The summed E-state index contributed by atoms with van der Waals surface area (Å²) >= 11 is 0. The average Bonchev–Trinajstić information content (AvgIpc) is 2.65. The van der Waals surface area contributed by atoms with Crippen LogP contribution in [0.4, 0.5) is 0 Å². The van der Waals surface area contributed by atoms with E-state index in [1.165, 1.54) is 5.56 Å². The van der Waals surface area contributed by atoms with Crippen LogP contribution in [0.3, 0.4) is 0 Å². The number of nitrogens with zero attached hydrogens (tertiary/aromatic N) is 2.